The summed E-state index contributed by atoms with van der Waals surface area (Å²) in [5, 5.41) is 12.7. The Balaban J connectivity index is 1.51. The Labute approximate surface area is 160 Å². The number of amides is 1. The number of fused-ring (bicyclic) bond motifs is 1. The van der Waals surface area contributed by atoms with E-state index in [1.807, 2.05) is 42.5 Å². The normalized spacial score (nSPS) is 16.4. The first kappa shape index (κ1) is 17.7. The molecule has 1 aliphatic heterocycles. The number of esters is 1. The van der Waals surface area contributed by atoms with E-state index in [1.54, 1.807) is 4.90 Å². The third kappa shape index (κ3) is 3.29. The molecule has 0 saturated carbocycles. The number of non-ortho nitro benzene ring substituents is 1. The molecule has 0 unspecified atom stereocenters. The largest absolute Gasteiger partial charge is 0.426 e. The van der Waals surface area contributed by atoms with Gasteiger partial charge in [0.25, 0.3) is 5.69 Å². The summed E-state index contributed by atoms with van der Waals surface area (Å²) >= 11 is 0. The number of carbonyl (C=O) groups is 2. The molecular formula is C21H16N2O5. The maximum absolute atomic E-state index is 12.5. The van der Waals surface area contributed by atoms with Gasteiger partial charge in [0, 0.05) is 30.5 Å². The van der Waals surface area contributed by atoms with Crippen molar-refractivity contribution < 1.29 is 19.2 Å². The van der Waals surface area contributed by atoms with E-state index in [-0.39, 0.29) is 30.3 Å². The number of benzene rings is 3. The molecule has 4 rings (SSSR count). The zero-order valence-corrected chi connectivity index (χ0v) is 14.8. The first-order valence-corrected chi connectivity index (χ1v) is 8.77. The molecule has 140 valence electrons. The van der Waals surface area contributed by atoms with E-state index in [1.165, 1.54) is 24.3 Å². The summed E-state index contributed by atoms with van der Waals surface area (Å²) in [7, 11) is 0. The van der Waals surface area contributed by atoms with E-state index in [0.717, 1.165) is 16.5 Å². The fourth-order valence-corrected chi connectivity index (χ4v) is 3.38. The van der Waals surface area contributed by atoms with E-state index in [2.05, 4.69) is 0 Å². The quantitative estimate of drug-likeness (QED) is 0.300. The summed E-state index contributed by atoms with van der Waals surface area (Å²) in [6.45, 7) is 0.235. The molecule has 28 heavy (non-hydrogen) atoms. The van der Waals surface area contributed by atoms with Crippen LogP contribution in [0, 0.1) is 16.0 Å². The van der Waals surface area contributed by atoms with Crippen molar-refractivity contribution in [3.8, 4) is 5.75 Å². The lowest BCUT2D eigenvalue weighted by Gasteiger charge is -2.18. The summed E-state index contributed by atoms with van der Waals surface area (Å²) in [5.74, 6) is -1.04. The molecule has 0 spiro atoms. The van der Waals surface area contributed by atoms with Crippen LogP contribution < -0.4 is 9.64 Å². The highest BCUT2D eigenvalue weighted by Gasteiger charge is 2.37. The number of carbonyl (C=O) groups excluding carboxylic acids is 2. The van der Waals surface area contributed by atoms with Crippen LogP contribution in [0.2, 0.25) is 0 Å². The Morgan fingerprint density at radius 3 is 2.50 bits per heavy atom. The third-order valence-electron chi connectivity index (χ3n) is 4.78. The van der Waals surface area contributed by atoms with Gasteiger partial charge in [0.15, 0.2) is 0 Å². The Hall–Kier alpha value is -3.74. The Morgan fingerprint density at radius 1 is 1.04 bits per heavy atom. The van der Waals surface area contributed by atoms with Gasteiger partial charge >= 0.3 is 5.97 Å². The second kappa shape index (κ2) is 7.11. The molecule has 3 aromatic carbocycles. The highest BCUT2D eigenvalue weighted by atomic mass is 16.6. The van der Waals surface area contributed by atoms with Crippen molar-refractivity contribution in [3.05, 3.63) is 76.8 Å². The maximum atomic E-state index is 12.5. The minimum atomic E-state index is -0.596. The van der Waals surface area contributed by atoms with Crippen LogP contribution in [0.3, 0.4) is 0 Å². The lowest BCUT2D eigenvalue weighted by Crippen LogP contribution is -2.27. The molecule has 1 amide bonds. The molecule has 1 atom stereocenters. The lowest BCUT2D eigenvalue weighted by atomic mass is 10.1. The van der Waals surface area contributed by atoms with Crippen LogP contribution in [0.4, 0.5) is 11.4 Å². The Kier molecular flexibility index (Phi) is 4.49. The van der Waals surface area contributed by atoms with E-state index in [4.69, 9.17) is 4.74 Å². The molecule has 7 nitrogen and oxygen atoms in total. The number of rotatable bonds is 4. The molecular weight excluding hydrogens is 360 g/mol. The number of nitro groups is 1. The van der Waals surface area contributed by atoms with Gasteiger partial charge in [-0.25, -0.2) is 0 Å². The zero-order valence-electron chi connectivity index (χ0n) is 14.8. The number of anilines is 1. The highest BCUT2D eigenvalue weighted by Crippen LogP contribution is 2.32. The van der Waals surface area contributed by atoms with E-state index < -0.39 is 16.8 Å². The van der Waals surface area contributed by atoms with Crippen LogP contribution in [0.5, 0.6) is 5.75 Å². The molecule has 1 aliphatic rings. The van der Waals surface area contributed by atoms with Gasteiger partial charge < -0.3 is 9.64 Å². The van der Waals surface area contributed by atoms with Crippen molar-refractivity contribution in [1.82, 2.24) is 0 Å². The highest BCUT2D eigenvalue weighted by molar-refractivity contribution is 6.06. The average molecular weight is 376 g/mol. The number of hydrogen-bond acceptors (Lipinski definition) is 5. The van der Waals surface area contributed by atoms with Crippen LogP contribution >= 0.6 is 0 Å². The minimum Gasteiger partial charge on any atom is -0.426 e. The molecule has 0 radical (unpaired) electrons. The molecule has 0 N–H and O–H groups in total. The summed E-state index contributed by atoms with van der Waals surface area (Å²) in [6.07, 6.45) is 0.0645. The minimum absolute atomic E-state index is 0.0645. The van der Waals surface area contributed by atoms with Gasteiger partial charge in [0.05, 0.1) is 16.5 Å². The molecule has 0 bridgehead atoms. The van der Waals surface area contributed by atoms with Crippen LogP contribution in [0.15, 0.2) is 66.7 Å². The van der Waals surface area contributed by atoms with Crippen LogP contribution in [-0.2, 0) is 9.59 Å². The first-order valence-electron chi connectivity index (χ1n) is 8.77. The van der Waals surface area contributed by atoms with Crippen molar-refractivity contribution in [2.24, 2.45) is 5.92 Å². The van der Waals surface area contributed by atoms with Crippen molar-refractivity contribution in [2.45, 2.75) is 6.42 Å². The summed E-state index contributed by atoms with van der Waals surface area (Å²) in [4.78, 5) is 36.8. The van der Waals surface area contributed by atoms with E-state index >= 15 is 0 Å². The van der Waals surface area contributed by atoms with E-state index in [9.17, 15) is 19.7 Å². The third-order valence-corrected chi connectivity index (χ3v) is 4.78. The second-order valence-corrected chi connectivity index (χ2v) is 6.58. The van der Waals surface area contributed by atoms with Crippen molar-refractivity contribution in [3.63, 3.8) is 0 Å². The standard InChI is InChI=1S/C21H16N2O5/c24-20-12-15(21(25)28-17-10-8-16(9-11-17)23(26)27)13-22(20)19-7-3-5-14-4-1-2-6-18(14)19/h1-11,15H,12-13H2/t15-/m0/s1. The van der Waals surface area contributed by atoms with Gasteiger partial charge in [-0.05, 0) is 23.6 Å². The number of nitrogens with zero attached hydrogens (tertiary/aromatic N) is 2. The second-order valence-electron chi connectivity index (χ2n) is 6.58. The molecule has 0 aromatic heterocycles. The lowest BCUT2D eigenvalue weighted by molar-refractivity contribution is -0.384. The number of hydrogen-bond donors (Lipinski definition) is 0. The van der Waals surface area contributed by atoms with Crippen LogP contribution in [0.25, 0.3) is 10.8 Å². The van der Waals surface area contributed by atoms with Crippen LogP contribution in [0.1, 0.15) is 6.42 Å². The number of nitro benzene ring substituents is 1. The summed E-state index contributed by atoms with van der Waals surface area (Å²) in [6, 6.07) is 18.8. The fraction of sp³-hybridized carbons (Fsp3) is 0.143. The van der Waals surface area contributed by atoms with Crippen molar-refractivity contribution in [2.75, 3.05) is 11.4 Å². The smallest absolute Gasteiger partial charge is 0.316 e. The van der Waals surface area contributed by atoms with Gasteiger partial charge in [-0.2, -0.15) is 0 Å². The molecule has 0 aliphatic carbocycles. The van der Waals surface area contributed by atoms with Crippen molar-refractivity contribution in [1.29, 1.82) is 0 Å². The van der Waals surface area contributed by atoms with Crippen molar-refractivity contribution >= 4 is 34.0 Å². The molecule has 1 heterocycles. The average Bonchev–Trinajstić information content (AvgIpc) is 3.09. The molecule has 7 heteroatoms. The molecule has 1 fully saturated rings. The van der Waals surface area contributed by atoms with E-state index in [0.29, 0.717) is 0 Å². The SMILES string of the molecule is O=C(Oc1ccc([N+](=O)[O-])cc1)[C@H]1CC(=O)N(c2cccc3ccccc23)C1. The summed E-state index contributed by atoms with van der Waals surface area (Å²) < 4.78 is 5.31. The predicted molar refractivity (Wildman–Crippen MR) is 103 cm³/mol. The predicted octanol–water partition coefficient (Wildman–Crippen LogP) is 3.71. The molecule has 3 aromatic rings. The summed E-state index contributed by atoms with van der Waals surface area (Å²) in [5.41, 5.74) is 0.687. The zero-order chi connectivity index (χ0) is 19.7. The van der Waals surface area contributed by atoms with Gasteiger partial charge in [0.2, 0.25) is 5.91 Å². The monoisotopic (exact) mass is 376 g/mol. The van der Waals surface area contributed by atoms with Crippen LogP contribution in [-0.4, -0.2) is 23.3 Å². The topological polar surface area (TPSA) is 89.7 Å². The van der Waals surface area contributed by atoms with Gasteiger partial charge in [-0.1, -0.05) is 36.4 Å². The van der Waals surface area contributed by atoms with Gasteiger partial charge in [-0.15, -0.1) is 0 Å². The molecule has 1 saturated heterocycles. The fourth-order valence-electron chi connectivity index (χ4n) is 3.38. The first-order chi connectivity index (χ1) is 13.5. The maximum Gasteiger partial charge on any atom is 0.316 e. The van der Waals surface area contributed by atoms with Gasteiger partial charge in [0.1, 0.15) is 5.75 Å². The Morgan fingerprint density at radius 2 is 1.75 bits per heavy atom. The Bertz CT molecular complexity index is 1070. The number of ether oxygens (including phenoxy) is 1. The van der Waals surface area contributed by atoms with Gasteiger partial charge in [-0.3, -0.25) is 19.7 Å².